The van der Waals surface area contributed by atoms with Gasteiger partial charge >= 0.3 is 6.09 Å². The summed E-state index contributed by atoms with van der Waals surface area (Å²) in [7, 11) is 0. The van der Waals surface area contributed by atoms with Crippen molar-refractivity contribution in [1.82, 2.24) is 10.2 Å². The average molecular weight is 521 g/mol. The minimum atomic E-state index is -0.873. The molecule has 0 spiro atoms. The molecule has 3 aromatic carbocycles. The number of amides is 3. The van der Waals surface area contributed by atoms with Crippen molar-refractivity contribution in [3.63, 3.8) is 0 Å². The minimum Gasteiger partial charge on any atom is -0.492 e. The number of rotatable bonds is 11. The van der Waals surface area contributed by atoms with Gasteiger partial charge in [0.25, 0.3) is 5.24 Å². The third-order valence-electron chi connectivity index (χ3n) is 5.78. The summed E-state index contributed by atoms with van der Waals surface area (Å²) >= 11 is 0.997. The van der Waals surface area contributed by atoms with Gasteiger partial charge in [0.15, 0.2) is 0 Å². The van der Waals surface area contributed by atoms with Gasteiger partial charge in [-0.15, -0.1) is 0 Å². The Labute approximate surface area is 219 Å². The SMILES string of the molecule is O=C1NC(=O)C(Cc2ccc(OCCN(CC(O)c3ccccc3)C(=O)OCc3ccccc3)cc2)S1. The van der Waals surface area contributed by atoms with Crippen molar-refractivity contribution in [3.05, 3.63) is 102 Å². The highest BCUT2D eigenvalue weighted by atomic mass is 32.2. The summed E-state index contributed by atoms with van der Waals surface area (Å²) in [5.41, 5.74) is 2.48. The summed E-state index contributed by atoms with van der Waals surface area (Å²) in [4.78, 5) is 37.4. The second kappa shape index (κ2) is 12.9. The van der Waals surface area contributed by atoms with Gasteiger partial charge < -0.3 is 19.5 Å². The van der Waals surface area contributed by atoms with Crippen molar-refractivity contribution in [1.29, 1.82) is 0 Å². The molecule has 3 aromatic rings. The van der Waals surface area contributed by atoms with E-state index < -0.39 is 17.4 Å². The zero-order chi connectivity index (χ0) is 26.0. The van der Waals surface area contributed by atoms with Gasteiger partial charge in [0, 0.05) is 0 Å². The van der Waals surface area contributed by atoms with Gasteiger partial charge in [0.2, 0.25) is 5.91 Å². The van der Waals surface area contributed by atoms with Gasteiger partial charge in [0.05, 0.1) is 24.4 Å². The van der Waals surface area contributed by atoms with Crippen LogP contribution in [0.15, 0.2) is 84.9 Å². The van der Waals surface area contributed by atoms with E-state index in [2.05, 4.69) is 5.32 Å². The quantitative estimate of drug-likeness (QED) is 0.388. The van der Waals surface area contributed by atoms with Crippen molar-refractivity contribution in [2.24, 2.45) is 0 Å². The molecule has 2 unspecified atom stereocenters. The molecule has 4 rings (SSSR count). The van der Waals surface area contributed by atoms with E-state index in [1.807, 2.05) is 60.7 Å². The van der Waals surface area contributed by atoms with E-state index in [4.69, 9.17) is 9.47 Å². The van der Waals surface area contributed by atoms with Gasteiger partial charge in [-0.3, -0.25) is 14.9 Å². The molecule has 2 atom stereocenters. The van der Waals surface area contributed by atoms with Crippen LogP contribution in [0.4, 0.5) is 9.59 Å². The number of carbonyl (C=O) groups excluding carboxylic acids is 3. The van der Waals surface area contributed by atoms with E-state index in [1.165, 1.54) is 4.90 Å². The molecule has 0 radical (unpaired) electrons. The van der Waals surface area contributed by atoms with Gasteiger partial charge in [0.1, 0.15) is 19.0 Å². The molecule has 2 N–H and O–H groups in total. The molecule has 192 valence electrons. The van der Waals surface area contributed by atoms with Gasteiger partial charge in [-0.2, -0.15) is 0 Å². The molecule has 1 fully saturated rings. The molecule has 0 aromatic heterocycles. The second-order valence-electron chi connectivity index (χ2n) is 8.49. The fraction of sp³-hybridized carbons (Fsp3) is 0.250. The second-order valence-corrected chi connectivity index (χ2v) is 9.67. The van der Waals surface area contributed by atoms with E-state index in [0.29, 0.717) is 17.7 Å². The number of nitrogens with one attached hydrogen (secondary N) is 1. The Hall–Kier alpha value is -3.82. The topological polar surface area (TPSA) is 105 Å². The molecule has 1 aliphatic heterocycles. The number of hydrogen-bond acceptors (Lipinski definition) is 7. The Morgan fingerprint density at radius 2 is 1.62 bits per heavy atom. The fourth-order valence-electron chi connectivity index (χ4n) is 3.79. The monoisotopic (exact) mass is 520 g/mol. The summed E-state index contributed by atoms with van der Waals surface area (Å²) in [5, 5.41) is 12.2. The van der Waals surface area contributed by atoms with E-state index in [0.717, 1.165) is 22.9 Å². The highest BCUT2D eigenvalue weighted by molar-refractivity contribution is 8.15. The molecule has 3 amide bonds. The third kappa shape index (κ3) is 7.83. The minimum absolute atomic E-state index is 0.0553. The van der Waals surface area contributed by atoms with Crippen LogP contribution in [0, 0.1) is 0 Å². The van der Waals surface area contributed by atoms with E-state index >= 15 is 0 Å². The number of thioether (sulfide) groups is 1. The number of aliphatic hydroxyl groups is 1. The van der Waals surface area contributed by atoms with Gasteiger partial charge in [-0.1, -0.05) is 84.6 Å². The molecule has 1 aliphatic rings. The van der Waals surface area contributed by atoms with Crippen LogP contribution in [0.1, 0.15) is 22.8 Å². The molecule has 1 saturated heterocycles. The molecule has 9 heteroatoms. The number of ether oxygens (including phenoxy) is 2. The third-order valence-corrected chi connectivity index (χ3v) is 6.76. The van der Waals surface area contributed by atoms with E-state index in [9.17, 15) is 19.5 Å². The lowest BCUT2D eigenvalue weighted by Gasteiger charge is -2.25. The van der Waals surface area contributed by atoms with Gasteiger partial charge in [-0.05, 0) is 35.2 Å². The highest BCUT2D eigenvalue weighted by Crippen LogP contribution is 2.24. The molecule has 1 heterocycles. The number of benzene rings is 3. The molecule has 0 bridgehead atoms. The Kier molecular flexibility index (Phi) is 9.18. The Bertz CT molecular complexity index is 1190. The average Bonchev–Trinajstić information content (AvgIpc) is 3.24. The van der Waals surface area contributed by atoms with E-state index in [-0.39, 0.29) is 37.4 Å². The van der Waals surface area contributed by atoms with Crippen LogP contribution in [0.5, 0.6) is 5.75 Å². The lowest BCUT2D eigenvalue weighted by Crippen LogP contribution is -2.38. The van der Waals surface area contributed by atoms with Crippen LogP contribution in [-0.2, 0) is 22.6 Å². The van der Waals surface area contributed by atoms with Crippen LogP contribution < -0.4 is 10.1 Å². The zero-order valence-electron chi connectivity index (χ0n) is 20.1. The first-order valence-corrected chi connectivity index (χ1v) is 12.8. The number of carbonyl (C=O) groups is 3. The largest absolute Gasteiger partial charge is 0.492 e. The lowest BCUT2D eigenvalue weighted by atomic mass is 10.1. The lowest BCUT2D eigenvalue weighted by molar-refractivity contribution is -0.118. The molecular formula is C28H28N2O6S. The Balaban J connectivity index is 1.32. The van der Waals surface area contributed by atoms with Crippen LogP contribution in [-0.4, -0.2) is 52.2 Å². The molecular weight excluding hydrogens is 492 g/mol. The number of hydrogen-bond donors (Lipinski definition) is 2. The first-order valence-electron chi connectivity index (χ1n) is 11.9. The smallest absolute Gasteiger partial charge is 0.410 e. The fourth-order valence-corrected chi connectivity index (χ4v) is 4.65. The maximum Gasteiger partial charge on any atom is 0.410 e. The zero-order valence-corrected chi connectivity index (χ0v) is 20.9. The first-order chi connectivity index (χ1) is 18.0. The van der Waals surface area contributed by atoms with Crippen LogP contribution >= 0.6 is 11.8 Å². The predicted molar refractivity (Wildman–Crippen MR) is 140 cm³/mol. The molecule has 37 heavy (non-hydrogen) atoms. The highest BCUT2D eigenvalue weighted by Gasteiger charge is 2.31. The number of imide groups is 1. The summed E-state index contributed by atoms with van der Waals surface area (Å²) in [6.07, 6.45) is -0.969. The predicted octanol–water partition coefficient (Wildman–Crippen LogP) is 4.33. The number of aliphatic hydroxyl groups excluding tert-OH is 1. The summed E-state index contributed by atoms with van der Waals surface area (Å²) in [6.45, 7) is 0.583. The van der Waals surface area contributed by atoms with E-state index in [1.54, 1.807) is 24.3 Å². The first kappa shape index (κ1) is 26.2. The van der Waals surface area contributed by atoms with Crippen LogP contribution in [0.3, 0.4) is 0 Å². The van der Waals surface area contributed by atoms with Crippen molar-refractivity contribution in [2.45, 2.75) is 24.4 Å². The molecule has 8 nitrogen and oxygen atoms in total. The van der Waals surface area contributed by atoms with Crippen LogP contribution in [0.25, 0.3) is 0 Å². The van der Waals surface area contributed by atoms with Crippen molar-refractivity contribution >= 4 is 29.0 Å². The number of nitrogens with zero attached hydrogens (tertiary/aromatic N) is 1. The standard InChI is InChI=1S/C28H28N2O6S/c31-24(22-9-5-2-6-10-22)18-30(28(34)36-19-21-7-3-1-4-8-21)15-16-35-23-13-11-20(12-14-23)17-25-26(32)29-27(33)37-25/h1-14,24-25,31H,15-19H2,(H,29,32,33). The maximum absolute atomic E-state index is 12.9. The molecule has 0 saturated carbocycles. The summed E-state index contributed by atoms with van der Waals surface area (Å²) < 4.78 is 11.3. The van der Waals surface area contributed by atoms with Crippen molar-refractivity contribution < 1.29 is 29.0 Å². The maximum atomic E-state index is 12.9. The van der Waals surface area contributed by atoms with Crippen molar-refractivity contribution in [3.8, 4) is 5.75 Å². The van der Waals surface area contributed by atoms with Crippen LogP contribution in [0.2, 0.25) is 0 Å². The Morgan fingerprint density at radius 1 is 0.946 bits per heavy atom. The summed E-state index contributed by atoms with van der Waals surface area (Å²) in [6, 6.07) is 25.8. The van der Waals surface area contributed by atoms with Gasteiger partial charge in [-0.25, -0.2) is 4.79 Å². The van der Waals surface area contributed by atoms with Crippen molar-refractivity contribution in [2.75, 3.05) is 19.7 Å². The normalized spacial score (nSPS) is 15.6. The summed E-state index contributed by atoms with van der Waals surface area (Å²) in [5.74, 6) is 0.330. The molecule has 0 aliphatic carbocycles. The Morgan fingerprint density at radius 3 is 2.27 bits per heavy atom.